The van der Waals surface area contributed by atoms with Gasteiger partial charge in [-0.3, -0.25) is 0 Å². The van der Waals surface area contributed by atoms with Crippen molar-refractivity contribution in [3.05, 3.63) is 534 Å². The van der Waals surface area contributed by atoms with Crippen LogP contribution >= 0.6 is 0 Å². The molecule has 0 aliphatic heterocycles. The van der Waals surface area contributed by atoms with Crippen molar-refractivity contribution in [1.29, 1.82) is 0 Å². The van der Waals surface area contributed by atoms with Gasteiger partial charge in [-0.1, -0.05) is 565 Å². The van der Waals surface area contributed by atoms with Crippen LogP contribution in [-0.4, -0.2) is 0 Å². The van der Waals surface area contributed by atoms with Gasteiger partial charge in [-0.2, -0.15) is 0 Å². The molecule has 0 radical (unpaired) electrons. The van der Waals surface area contributed by atoms with Crippen molar-refractivity contribution in [3.63, 3.8) is 0 Å². The van der Waals surface area contributed by atoms with Crippen LogP contribution < -0.4 is 0 Å². The van der Waals surface area contributed by atoms with E-state index in [2.05, 4.69) is 471 Å². The lowest BCUT2D eigenvalue weighted by molar-refractivity contribution is 0.308. The summed E-state index contributed by atoms with van der Waals surface area (Å²) in [5, 5.41) is 0. The minimum Gasteiger partial charge on any atom is -0.0776 e. The lowest BCUT2D eigenvalue weighted by atomic mass is 9.84. The van der Waals surface area contributed by atoms with Crippen LogP contribution in [0.15, 0.2) is 400 Å². The highest BCUT2D eigenvalue weighted by molar-refractivity contribution is 5.29. The molecule has 0 N–H and O–H groups in total. The van der Waals surface area contributed by atoms with E-state index in [0.717, 1.165) is 31.1 Å². The topological polar surface area (TPSA) is 0 Å². The van der Waals surface area contributed by atoms with Crippen LogP contribution in [0.2, 0.25) is 0 Å². The molecule has 0 heterocycles. The van der Waals surface area contributed by atoms with E-state index in [1.807, 2.05) is 109 Å². The maximum absolute atomic E-state index is 2.37. The molecule has 16 rings (SSSR count). The van der Waals surface area contributed by atoms with Crippen molar-refractivity contribution in [1.82, 2.24) is 0 Å². The standard InChI is InChI=1S/3C9H12.C8H16.6C8H10.6C7H8.2CH4/c1-3-9-6-4-8(2)5-7-9;1-3-9-6-4-5-8(2)7-9;1-3-9-7-5-4-6-8(9)2;3*1-7-3-5-8(2)6-4-7;2*1-7-4-3-5-8(2)6-7;2*1-7-5-3-4-6-8(7)2;6*1-7-5-3-2-4-6-7;;/h3*4-7H,3H2,1-2H3;7-8H,3-6H2,1-2H3;6*3-6H,1-2H3;6*2-6H,1H3;2*1H4. The van der Waals surface area contributed by atoms with Crippen molar-refractivity contribution in [3.8, 4) is 0 Å². The van der Waals surface area contributed by atoms with E-state index in [0.29, 0.717) is 0 Å². The van der Waals surface area contributed by atoms with Gasteiger partial charge in [0, 0.05) is 0 Å². The molecule has 0 unspecified atom stereocenters. The Bertz CT molecular complexity index is 4420. The molecule has 127 heavy (non-hydrogen) atoms. The van der Waals surface area contributed by atoms with Crippen LogP contribution in [0.3, 0.4) is 0 Å². The van der Waals surface area contributed by atoms with Gasteiger partial charge in [0.05, 0.1) is 0 Å². The average molecular weight is 1690 g/mol. The molecular weight excluding hydrogens is 1530 g/mol. The number of aryl methyl sites for hydroxylation is 24. The van der Waals surface area contributed by atoms with Crippen molar-refractivity contribution < 1.29 is 0 Å². The quantitative estimate of drug-likeness (QED) is 0.165. The van der Waals surface area contributed by atoms with Crippen LogP contribution in [0.1, 0.15) is 209 Å². The second kappa shape index (κ2) is 75.6. The molecule has 0 aromatic heterocycles. The van der Waals surface area contributed by atoms with Crippen LogP contribution in [0.4, 0.5) is 0 Å². The Kier molecular flexibility index (Phi) is 69.9. The summed E-state index contributed by atoms with van der Waals surface area (Å²) in [6.45, 7) is 55.4. The first-order valence-corrected chi connectivity index (χ1v) is 45.3. The fraction of sp³-hybridized carbons (Fsp3) is 0.291. The van der Waals surface area contributed by atoms with Gasteiger partial charge in [-0.05, 0) is 221 Å². The maximum Gasteiger partial charge on any atom is -0.0305 e. The van der Waals surface area contributed by atoms with Crippen LogP contribution in [0.5, 0.6) is 0 Å². The average Bonchev–Trinajstić information content (AvgIpc) is 0.946. The third kappa shape index (κ3) is 68.3. The molecule has 1 fully saturated rings. The first kappa shape index (κ1) is 117. The SMILES string of the molecule is C.C.CC1CCC(C)CC1.CCc1ccc(C)cc1.CCc1cccc(C)c1.CCc1ccccc1C.Cc1ccc(C)cc1.Cc1ccc(C)cc1.Cc1cccc(C)c1.Cc1cccc(C)c1.Cc1ccccc1.Cc1ccccc1.Cc1ccccc1.Cc1ccccc1.Cc1ccccc1.Cc1ccccc1.Cc1ccccc1C.Cc1ccccc1C. The Morgan fingerprint density at radius 3 is 0.480 bits per heavy atom. The highest BCUT2D eigenvalue weighted by Gasteiger charge is 2.13. The number of hydrogen-bond acceptors (Lipinski definition) is 0. The van der Waals surface area contributed by atoms with E-state index in [1.54, 1.807) is 0 Å². The van der Waals surface area contributed by atoms with Crippen LogP contribution in [0.25, 0.3) is 0 Å². The maximum atomic E-state index is 2.37. The number of hydrogen-bond donors (Lipinski definition) is 0. The van der Waals surface area contributed by atoms with Gasteiger partial charge in [-0.25, -0.2) is 0 Å². The predicted octanol–water partition coefficient (Wildman–Crippen LogP) is 37.6. The molecule has 15 aromatic carbocycles. The Morgan fingerprint density at radius 2 is 0.331 bits per heavy atom. The second-order valence-electron chi connectivity index (χ2n) is 33.0. The molecule has 0 heteroatoms. The molecule has 1 aliphatic carbocycles. The van der Waals surface area contributed by atoms with Crippen molar-refractivity contribution in [2.24, 2.45) is 11.8 Å². The molecule has 15 aromatic rings. The van der Waals surface area contributed by atoms with Crippen molar-refractivity contribution >= 4 is 0 Å². The summed E-state index contributed by atoms with van der Waals surface area (Å²) in [6.07, 6.45) is 9.32. The number of rotatable bonds is 3. The van der Waals surface area contributed by atoms with Gasteiger partial charge in [0.25, 0.3) is 0 Å². The summed E-state index contributed by atoms with van der Waals surface area (Å²) < 4.78 is 0. The van der Waals surface area contributed by atoms with Gasteiger partial charge in [-0.15, -0.1) is 0 Å². The molecule has 676 valence electrons. The highest BCUT2D eigenvalue weighted by atomic mass is 14.2. The zero-order valence-electron chi connectivity index (χ0n) is 82.2. The third-order valence-electron chi connectivity index (χ3n) is 20.2. The fourth-order valence-corrected chi connectivity index (χ4v) is 11.6. The Balaban J connectivity index is 0. The fourth-order valence-electron chi connectivity index (χ4n) is 11.6. The Labute approximate surface area is 780 Å². The molecule has 1 aliphatic rings. The van der Waals surface area contributed by atoms with E-state index >= 15 is 0 Å². The van der Waals surface area contributed by atoms with E-state index in [9.17, 15) is 0 Å². The molecule has 0 bridgehead atoms. The summed E-state index contributed by atoms with van der Waals surface area (Å²) in [5.74, 6) is 2.04. The van der Waals surface area contributed by atoms with E-state index in [1.165, 1.54) is 159 Å². The molecule has 0 amide bonds. The lowest BCUT2D eigenvalue weighted by Gasteiger charge is -2.22. The van der Waals surface area contributed by atoms with E-state index < -0.39 is 0 Å². The van der Waals surface area contributed by atoms with E-state index in [-0.39, 0.29) is 14.9 Å². The molecule has 0 nitrogen and oxygen atoms in total. The lowest BCUT2D eigenvalue weighted by Crippen LogP contribution is -2.08. The van der Waals surface area contributed by atoms with Crippen molar-refractivity contribution in [2.45, 2.75) is 240 Å². The zero-order chi connectivity index (χ0) is 92.6. The summed E-state index contributed by atoms with van der Waals surface area (Å²) in [5.41, 5.74) is 32.5. The second-order valence-corrected chi connectivity index (χ2v) is 33.0. The van der Waals surface area contributed by atoms with Gasteiger partial charge in [0.15, 0.2) is 0 Å². The Hall–Kier alpha value is -11.7. The third-order valence-corrected chi connectivity index (χ3v) is 20.2. The molecular formula is C127H168. The van der Waals surface area contributed by atoms with Gasteiger partial charge < -0.3 is 0 Å². The van der Waals surface area contributed by atoms with Crippen LogP contribution in [-0.2, 0) is 19.3 Å². The predicted molar refractivity (Wildman–Crippen MR) is 574 cm³/mol. The smallest absolute Gasteiger partial charge is 0.0305 e. The summed E-state index contributed by atoms with van der Waals surface area (Å²) in [4.78, 5) is 0. The molecule has 0 saturated heterocycles. The normalized spacial score (nSPS) is 10.9. The monoisotopic (exact) mass is 1690 g/mol. The van der Waals surface area contributed by atoms with Gasteiger partial charge in [0.1, 0.15) is 0 Å². The van der Waals surface area contributed by atoms with E-state index in [4.69, 9.17) is 0 Å². The molecule has 1 saturated carbocycles. The summed E-state index contributed by atoms with van der Waals surface area (Å²) in [7, 11) is 0. The first-order chi connectivity index (χ1) is 59.9. The largest absolute Gasteiger partial charge is 0.0776 e. The molecule has 0 spiro atoms. The highest BCUT2D eigenvalue weighted by Crippen LogP contribution is 2.27. The van der Waals surface area contributed by atoms with Gasteiger partial charge >= 0.3 is 0 Å². The summed E-state index contributed by atoms with van der Waals surface area (Å²) >= 11 is 0. The number of benzene rings is 15. The molecule has 0 atom stereocenters. The minimum atomic E-state index is 0. The first-order valence-electron chi connectivity index (χ1n) is 45.3. The van der Waals surface area contributed by atoms with Crippen molar-refractivity contribution in [2.75, 3.05) is 0 Å². The zero-order valence-corrected chi connectivity index (χ0v) is 82.2. The minimum absolute atomic E-state index is 0. The van der Waals surface area contributed by atoms with Gasteiger partial charge in [0.2, 0.25) is 0 Å². The Morgan fingerprint density at radius 1 is 0.157 bits per heavy atom. The summed E-state index contributed by atoms with van der Waals surface area (Å²) in [6, 6.07) is 138. The van der Waals surface area contributed by atoms with Crippen LogP contribution in [0, 0.1) is 157 Å².